The Morgan fingerprint density at radius 3 is 2.31 bits per heavy atom. The Hall–Kier alpha value is -0.225. The predicted molar refractivity (Wildman–Crippen MR) is 45.5 cm³/mol. The zero-order chi connectivity index (χ0) is 9.90. The third kappa shape index (κ3) is 4.00. The summed E-state index contributed by atoms with van der Waals surface area (Å²) in [6.07, 6.45) is 0.663. The van der Waals surface area contributed by atoms with Crippen LogP contribution in [0.2, 0.25) is 0 Å². The molecule has 0 aliphatic carbocycles. The lowest BCUT2D eigenvalue weighted by molar-refractivity contribution is 0.0457. The zero-order valence-electron chi connectivity index (χ0n) is 7.68. The Morgan fingerprint density at radius 2 is 1.85 bits per heavy atom. The van der Waals surface area contributed by atoms with Gasteiger partial charge in [0.1, 0.15) is 0 Å². The molecule has 0 aromatic rings. The fourth-order valence-corrected chi connectivity index (χ4v) is 1.60. The van der Waals surface area contributed by atoms with Crippen molar-refractivity contribution in [3.63, 3.8) is 0 Å². The van der Waals surface area contributed by atoms with Crippen molar-refractivity contribution in [1.29, 1.82) is 0 Å². The van der Waals surface area contributed by atoms with Crippen LogP contribution in [-0.2, 0) is 4.74 Å². The van der Waals surface area contributed by atoms with E-state index in [4.69, 9.17) is 4.74 Å². The molecule has 0 amide bonds. The number of rotatable bonds is 3. The molecule has 0 saturated carbocycles. The first-order valence-corrected chi connectivity index (χ1v) is 4.48. The molecular weight excluding hydrogens is 182 g/mol. The van der Waals surface area contributed by atoms with Gasteiger partial charge in [-0.05, 0) is 26.3 Å². The number of ether oxygens (including phenoxy) is 1. The molecule has 0 spiro atoms. The molecule has 0 aromatic carbocycles. The highest BCUT2D eigenvalue weighted by Crippen LogP contribution is 2.17. The van der Waals surface area contributed by atoms with Crippen molar-refractivity contribution in [2.24, 2.45) is 0 Å². The van der Waals surface area contributed by atoms with E-state index < -0.39 is 13.4 Å². The van der Waals surface area contributed by atoms with Gasteiger partial charge in [0.05, 0.1) is 0 Å². The van der Waals surface area contributed by atoms with E-state index in [1.165, 1.54) is 11.9 Å². The minimum atomic E-state index is -4.69. The van der Waals surface area contributed by atoms with Crippen LogP contribution in [0.3, 0.4) is 0 Å². The molecule has 1 fully saturated rings. The van der Waals surface area contributed by atoms with Crippen LogP contribution in [-0.4, -0.2) is 44.6 Å². The van der Waals surface area contributed by atoms with Crippen molar-refractivity contribution in [3.8, 4) is 0 Å². The van der Waals surface area contributed by atoms with E-state index in [1.807, 2.05) is 0 Å². The van der Waals surface area contributed by atoms with E-state index in [2.05, 4.69) is 0 Å². The van der Waals surface area contributed by atoms with Gasteiger partial charge >= 0.3 is 6.98 Å². The van der Waals surface area contributed by atoms with Gasteiger partial charge < -0.3 is 22.6 Å². The van der Waals surface area contributed by atoms with E-state index in [0.717, 1.165) is 0 Å². The number of hydrogen-bond donors (Lipinski definition) is 0. The van der Waals surface area contributed by atoms with E-state index in [1.54, 1.807) is 0 Å². The van der Waals surface area contributed by atoms with E-state index in [-0.39, 0.29) is 6.04 Å². The molecule has 1 rings (SSSR count). The predicted octanol–water partition coefficient (Wildman–Crippen LogP) is 1.48. The fraction of sp³-hybridized carbons (Fsp3) is 1.00. The lowest BCUT2D eigenvalue weighted by Gasteiger charge is -2.34. The Labute approximate surface area is 76.1 Å². The first kappa shape index (κ1) is 10.9. The molecule has 0 radical (unpaired) electrons. The summed E-state index contributed by atoms with van der Waals surface area (Å²) in [5.41, 5.74) is 0. The van der Waals surface area contributed by atoms with E-state index in [9.17, 15) is 12.9 Å². The summed E-state index contributed by atoms with van der Waals surface area (Å²) < 4.78 is 41.2. The van der Waals surface area contributed by atoms with Crippen LogP contribution in [0.4, 0.5) is 12.9 Å². The molecule has 6 heteroatoms. The number of halogens is 3. The van der Waals surface area contributed by atoms with Crippen molar-refractivity contribution in [2.45, 2.75) is 18.9 Å². The average Bonchev–Trinajstić information content (AvgIpc) is 2.03. The topological polar surface area (TPSA) is 12.5 Å². The molecule has 1 saturated heterocycles. The van der Waals surface area contributed by atoms with Crippen molar-refractivity contribution < 1.29 is 17.7 Å². The Kier molecular flexibility index (Phi) is 3.61. The van der Waals surface area contributed by atoms with Gasteiger partial charge in [-0.3, -0.25) is 0 Å². The highest BCUT2D eigenvalue weighted by atomic mass is 19.4. The highest BCUT2D eigenvalue weighted by Gasteiger charge is 2.28. The zero-order valence-corrected chi connectivity index (χ0v) is 7.68. The van der Waals surface area contributed by atoms with Crippen molar-refractivity contribution in [3.05, 3.63) is 0 Å². The van der Waals surface area contributed by atoms with Gasteiger partial charge in [0.25, 0.3) is 0 Å². The molecule has 1 aliphatic heterocycles. The van der Waals surface area contributed by atoms with Gasteiger partial charge in [0, 0.05) is 19.3 Å². The third-order valence-electron chi connectivity index (χ3n) is 2.31. The lowest BCUT2D eigenvalue weighted by Crippen LogP contribution is -2.44. The normalized spacial score (nSPS) is 21.0. The van der Waals surface area contributed by atoms with Gasteiger partial charge in [0.2, 0.25) is 0 Å². The maximum absolute atomic E-state index is 12.1. The number of nitrogens with zero attached hydrogens (tertiary/aromatic N) is 1. The smallest absolute Gasteiger partial charge is 0.448 e. The first-order chi connectivity index (χ1) is 5.99. The van der Waals surface area contributed by atoms with Crippen molar-refractivity contribution in [2.75, 3.05) is 26.7 Å². The second-order valence-electron chi connectivity index (χ2n) is 3.49. The van der Waals surface area contributed by atoms with E-state index in [0.29, 0.717) is 26.1 Å². The summed E-state index contributed by atoms with van der Waals surface area (Å²) in [4.78, 5) is 1.39. The fourth-order valence-electron chi connectivity index (χ4n) is 1.60. The van der Waals surface area contributed by atoms with E-state index >= 15 is 0 Å². The Morgan fingerprint density at radius 1 is 1.31 bits per heavy atom. The van der Waals surface area contributed by atoms with Gasteiger partial charge in [-0.15, -0.1) is 0 Å². The van der Waals surface area contributed by atoms with Crippen LogP contribution in [0, 0.1) is 0 Å². The quantitative estimate of drug-likeness (QED) is 0.634. The maximum Gasteiger partial charge on any atom is 0.492 e. The van der Waals surface area contributed by atoms with Crippen LogP contribution >= 0.6 is 0 Å². The molecule has 0 bridgehead atoms. The summed E-state index contributed by atoms with van der Waals surface area (Å²) in [6, 6.07) is 0.0391. The molecule has 78 valence electrons. The van der Waals surface area contributed by atoms with Crippen LogP contribution < -0.4 is 0 Å². The summed E-state index contributed by atoms with van der Waals surface area (Å²) in [7, 11) is 1.53. The molecule has 2 nitrogen and oxygen atoms in total. The summed E-state index contributed by atoms with van der Waals surface area (Å²) in [5.74, 6) is 0. The SMILES string of the molecule is CN(C[B-](F)(F)F)C1CCOCC1. The minimum absolute atomic E-state index is 0.0391. The monoisotopic (exact) mass is 196 g/mol. The molecule has 13 heavy (non-hydrogen) atoms. The molecule has 0 aromatic heterocycles. The second kappa shape index (κ2) is 4.33. The third-order valence-corrected chi connectivity index (χ3v) is 2.31. The standard InChI is InChI=1S/C7H14BF3NO/c1-12(6-8(9,10)11)7-2-4-13-5-3-7/h7H,2-6H2,1H3/q-1. The van der Waals surface area contributed by atoms with Crippen LogP contribution in [0.5, 0.6) is 0 Å². The average molecular weight is 196 g/mol. The van der Waals surface area contributed by atoms with Crippen molar-refractivity contribution >= 4 is 6.98 Å². The molecule has 0 atom stereocenters. The first-order valence-electron chi connectivity index (χ1n) is 4.48. The molecule has 1 heterocycles. The summed E-state index contributed by atoms with van der Waals surface area (Å²) >= 11 is 0. The van der Waals surface area contributed by atoms with Crippen molar-refractivity contribution in [1.82, 2.24) is 4.90 Å². The molecule has 0 N–H and O–H groups in total. The molecular formula is C7H14BF3NO-. The summed E-state index contributed by atoms with van der Waals surface area (Å²) in [6.45, 7) is -3.52. The number of hydrogen-bond acceptors (Lipinski definition) is 2. The Balaban J connectivity index is 2.33. The van der Waals surface area contributed by atoms with Gasteiger partial charge in [-0.2, -0.15) is 0 Å². The van der Waals surface area contributed by atoms with Gasteiger partial charge in [-0.25, -0.2) is 0 Å². The largest absolute Gasteiger partial charge is 0.492 e. The van der Waals surface area contributed by atoms with Gasteiger partial charge in [0.15, 0.2) is 0 Å². The van der Waals surface area contributed by atoms with Crippen LogP contribution in [0.1, 0.15) is 12.8 Å². The summed E-state index contributed by atoms with van der Waals surface area (Å²) in [5, 5.41) is 0. The van der Waals surface area contributed by atoms with Gasteiger partial charge in [-0.1, -0.05) is 0 Å². The minimum Gasteiger partial charge on any atom is -0.448 e. The second-order valence-corrected chi connectivity index (χ2v) is 3.49. The lowest BCUT2D eigenvalue weighted by atomic mass is 9.90. The Bertz CT molecular complexity index is 158. The van der Waals surface area contributed by atoms with Crippen LogP contribution in [0.25, 0.3) is 0 Å². The van der Waals surface area contributed by atoms with Crippen LogP contribution in [0.15, 0.2) is 0 Å². The molecule has 0 unspecified atom stereocenters. The highest BCUT2D eigenvalue weighted by molar-refractivity contribution is 6.58. The maximum atomic E-state index is 12.1. The molecule has 1 aliphatic rings.